The van der Waals surface area contributed by atoms with Gasteiger partial charge in [-0.25, -0.2) is 4.79 Å². The lowest BCUT2D eigenvalue weighted by Crippen LogP contribution is -2.45. The SMILES string of the molecule is CCN(CC)C(=O)N(C)C(C)CCSC. The van der Waals surface area contributed by atoms with Crippen molar-refractivity contribution >= 4 is 17.8 Å². The summed E-state index contributed by atoms with van der Waals surface area (Å²) in [5, 5.41) is 0. The highest BCUT2D eigenvalue weighted by atomic mass is 32.2. The number of nitrogens with zero attached hydrogens (tertiary/aromatic N) is 2. The molecule has 0 heterocycles. The van der Waals surface area contributed by atoms with Crippen LogP contribution in [0.5, 0.6) is 0 Å². The van der Waals surface area contributed by atoms with Crippen LogP contribution in [0.15, 0.2) is 0 Å². The molecule has 0 aromatic carbocycles. The molecule has 0 bridgehead atoms. The summed E-state index contributed by atoms with van der Waals surface area (Å²) in [4.78, 5) is 15.7. The van der Waals surface area contributed by atoms with Crippen molar-refractivity contribution in [1.29, 1.82) is 0 Å². The molecule has 0 saturated carbocycles. The fourth-order valence-electron chi connectivity index (χ4n) is 1.39. The van der Waals surface area contributed by atoms with Crippen molar-refractivity contribution < 1.29 is 4.79 Å². The minimum atomic E-state index is 0.147. The molecule has 0 spiro atoms. The van der Waals surface area contributed by atoms with Gasteiger partial charge in [0.2, 0.25) is 0 Å². The Bertz CT molecular complexity index is 183. The van der Waals surface area contributed by atoms with Gasteiger partial charge in [-0.3, -0.25) is 0 Å². The van der Waals surface area contributed by atoms with E-state index in [0.717, 1.165) is 25.3 Å². The second-order valence-corrected chi connectivity index (χ2v) is 4.68. The lowest BCUT2D eigenvalue weighted by Gasteiger charge is -2.30. The van der Waals surface area contributed by atoms with Crippen LogP contribution in [-0.2, 0) is 0 Å². The van der Waals surface area contributed by atoms with E-state index in [1.54, 1.807) is 0 Å². The standard InChI is InChI=1S/C11H24N2OS/c1-6-13(7-2)11(14)12(4)10(3)8-9-15-5/h10H,6-9H2,1-5H3. The maximum absolute atomic E-state index is 12.0. The smallest absolute Gasteiger partial charge is 0.319 e. The fraction of sp³-hybridized carbons (Fsp3) is 0.909. The molecule has 0 radical (unpaired) electrons. The highest BCUT2D eigenvalue weighted by Gasteiger charge is 2.19. The Labute approximate surface area is 98.2 Å². The first-order chi connectivity index (χ1) is 7.08. The number of thioether (sulfide) groups is 1. The van der Waals surface area contributed by atoms with E-state index >= 15 is 0 Å². The van der Waals surface area contributed by atoms with E-state index < -0.39 is 0 Å². The van der Waals surface area contributed by atoms with Crippen LogP contribution in [0.2, 0.25) is 0 Å². The van der Waals surface area contributed by atoms with Crippen LogP contribution >= 0.6 is 11.8 Å². The van der Waals surface area contributed by atoms with Gasteiger partial charge < -0.3 is 9.80 Å². The van der Waals surface area contributed by atoms with Gasteiger partial charge in [0.15, 0.2) is 0 Å². The zero-order valence-corrected chi connectivity index (χ0v) is 11.4. The molecule has 0 aromatic heterocycles. The molecule has 0 N–H and O–H groups in total. The van der Waals surface area contributed by atoms with Crippen LogP contribution in [0.4, 0.5) is 4.79 Å². The van der Waals surface area contributed by atoms with Crippen LogP contribution in [0, 0.1) is 0 Å². The summed E-state index contributed by atoms with van der Waals surface area (Å²) in [7, 11) is 1.89. The van der Waals surface area contributed by atoms with Gasteiger partial charge in [-0.2, -0.15) is 11.8 Å². The number of rotatable bonds is 6. The second-order valence-electron chi connectivity index (χ2n) is 3.70. The van der Waals surface area contributed by atoms with Crippen molar-refractivity contribution in [2.24, 2.45) is 0 Å². The number of carbonyl (C=O) groups is 1. The van der Waals surface area contributed by atoms with Crippen molar-refractivity contribution in [2.45, 2.75) is 33.2 Å². The summed E-state index contributed by atoms with van der Waals surface area (Å²) in [6, 6.07) is 0.471. The molecule has 4 heteroatoms. The average Bonchev–Trinajstić information content (AvgIpc) is 2.26. The number of hydrogen-bond donors (Lipinski definition) is 0. The first kappa shape index (κ1) is 14.6. The summed E-state index contributed by atoms with van der Waals surface area (Å²) in [5.41, 5.74) is 0. The molecular formula is C11H24N2OS. The van der Waals surface area contributed by atoms with Gasteiger partial charge in [0, 0.05) is 26.2 Å². The fourth-order valence-corrected chi connectivity index (χ4v) is 1.96. The van der Waals surface area contributed by atoms with Crippen LogP contribution in [0.3, 0.4) is 0 Å². The molecule has 0 aromatic rings. The van der Waals surface area contributed by atoms with Crippen molar-refractivity contribution in [1.82, 2.24) is 9.80 Å². The molecule has 1 atom stereocenters. The zero-order valence-electron chi connectivity index (χ0n) is 10.6. The Morgan fingerprint density at radius 3 is 2.27 bits per heavy atom. The number of hydrogen-bond acceptors (Lipinski definition) is 2. The van der Waals surface area contributed by atoms with E-state index in [-0.39, 0.29) is 6.03 Å². The quantitative estimate of drug-likeness (QED) is 0.702. The lowest BCUT2D eigenvalue weighted by atomic mass is 10.2. The maximum atomic E-state index is 12.0. The monoisotopic (exact) mass is 232 g/mol. The molecule has 3 nitrogen and oxygen atoms in total. The topological polar surface area (TPSA) is 23.6 Å². The van der Waals surface area contributed by atoms with Gasteiger partial charge in [0.1, 0.15) is 0 Å². The highest BCUT2D eigenvalue weighted by Crippen LogP contribution is 2.08. The third-order valence-electron chi connectivity index (χ3n) is 2.74. The Hall–Kier alpha value is -0.380. The molecule has 0 rings (SSSR count). The van der Waals surface area contributed by atoms with Gasteiger partial charge in [-0.05, 0) is 39.2 Å². The van der Waals surface area contributed by atoms with Crippen molar-refractivity contribution in [2.75, 3.05) is 32.1 Å². The van der Waals surface area contributed by atoms with Gasteiger partial charge in [-0.1, -0.05) is 0 Å². The summed E-state index contributed by atoms with van der Waals surface area (Å²) >= 11 is 1.83. The van der Waals surface area contributed by atoms with Gasteiger partial charge in [-0.15, -0.1) is 0 Å². The van der Waals surface area contributed by atoms with E-state index in [1.165, 1.54) is 0 Å². The Morgan fingerprint density at radius 2 is 1.87 bits per heavy atom. The van der Waals surface area contributed by atoms with Crippen LogP contribution in [-0.4, -0.2) is 54.0 Å². The molecule has 0 fully saturated rings. The van der Waals surface area contributed by atoms with E-state index in [9.17, 15) is 4.79 Å². The lowest BCUT2D eigenvalue weighted by molar-refractivity contribution is 0.153. The summed E-state index contributed by atoms with van der Waals surface area (Å²) in [6.45, 7) is 7.71. The summed E-state index contributed by atoms with van der Waals surface area (Å²) in [6.07, 6.45) is 3.16. The van der Waals surface area contributed by atoms with Crippen molar-refractivity contribution in [3.8, 4) is 0 Å². The molecule has 0 aliphatic rings. The summed E-state index contributed by atoms with van der Waals surface area (Å²) < 4.78 is 0. The van der Waals surface area contributed by atoms with Crippen LogP contribution < -0.4 is 0 Å². The average molecular weight is 232 g/mol. The third-order valence-corrected chi connectivity index (χ3v) is 3.38. The van der Waals surface area contributed by atoms with E-state index in [0.29, 0.717) is 6.04 Å². The van der Waals surface area contributed by atoms with E-state index in [1.807, 2.05) is 42.5 Å². The predicted molar refractivity (Wildman–Crippen MR) is 68.5 cm³/mol. The molecule has 2 amide bonds. The Morgan fingerprint density at radius 1 is 1.33 bits per heavy atom. The van der Waals surface area contributed by atoms with Crippen LogP contribution in [0.25, 0.3) is 0 Å². The molecule has 1 unspecified atom stereocenters. The zero-order chi connectivity index (χ0) is 11.8. The molecule has 15 heavy (non-hydrogen) atoms. The van der Waals surface area contributed by atoms with E-state index in [2.05, 4.69) is 13.2 Å². The van der Waals surface area contributed by atoms with Crippen LogP contribution in [0.1, 0.15) is 27.2 Å². The molecule has 0 saturated heterocycles. The van der Waals surface area contributed by atoms with Crippen molar-refractivity contribution in [3.05, 3.63) is 0 Å². The minimum absolute atomic E-state index is 0.147. The Kier molecular flexibility index (Phi) is 7.65. The molecular weight excluding hydrogens is 208 g/mol. The summed E-state index contributed by atoms with van der Waals surface area (Å²) in [5.74, 6) is 1.11. The molecule has 0 aliphatic heterocycles. The number of urea groups is 1. The third kappa shape index (κ3) is 4.78. The number of carbonyl (C=O) groups excluding carboxylic acids is 1. The van der Waals surface area contributed by atoms with Gasteiger partial charge in [0.05, 0.1) is 0 Å². The minimum Gasteiger partial charge on any atom is -0.325 e. The van der Waals surface area contributed by atoms with Crippen molar-refractivity contribution in [3.63, 3.8) is 0 Å². The van der Waals surface area contributed by atoms with Gasteiger partial charge in [0.25, 0.3) is 0 Å². The number of amides is 2. The largest absolute Gasteiger partial charge is 0.325 e. The Balaban J connectivity index is 4.16. The second kappa shape index (κ2) is 7.85. The first-order valence-electron chi connectivity index (χ1n) is 5.59. The maximum Gasteiger partial charge on any atom is 0.319 e. The van der Waals surface area contributed by atoms with E-state index in [4.69, 9.17) is 0 Å². The van der Waals surface area contributed by atoms with Gasteiger partial charge >= 0.3 is 6.03 Å². The highest BCUT2D eigenvalue weighted by molar-refractivity contribution is 7.98. The normalized spacial score (nSPS) is 12.3. The first-order valence-corrected chi connectivity index (χ1v) is 6.98. The predicted octanol–water partition coefficient (Wildman–Crippen LogP) is 2.52. The molecule has 0 aliphatic carbocycles. The molecule has 90 valence electrons.